The largest absolute Gasteiger partial charge is 0.480 e. The molecule has 3 atom stereocenters. The number of amides is 2. The van der Waals surface area contributed by atoms with Gasteiger partial charge in [-0.15, -0.1) is 0 Å². The Bertz CT molecular complexity index is 368. The third-order valence-electron chi connectivity index (χ3n) is 4.57. The van der Waals surface area contributed by atoms with Crippen LogP contribution in [0.5, 0.6) is 0 Å². The average molecular weight is 268 g/mol. The maximum Gasteiger partial charge on any atom is 0.329 e. The first-order valence-corrected chi connectivity index (χ1v) is 7.21. The third kappa shape index (κ3) is 3.39. The van der Waals surface area contributed by atoms with E-state index in [4.69, 9.17) is 0 Å². The fraction of sp³-hybridized carbons (Fsp3) is 0.857. The van der Waals surface area contributed by atoms with Gasteiger partial charge in [-0.25, -0.2) is 9.59 Å². The van der Waals surface area contributed by atoms with Crippen molar-refractivity contribution in [2.75, 3.05) is 6.54 Å². The molecule has 3 N–H and O–H groups in total. The molecule has 0 heterocycles. The number of carbonyl (C=O) groups excluding carboxylic acids is 1. The molecule has 0 aromatic carbocycles. The van der Waals surface area contributed by atoms with Crippen LogP contribution in [0.25, 0.3) is 0 Å². The van der Waals surface area contributed by atoms with E-state index in [1.165, 1.54) is 6.42 Å². The van der Waals surface area contributed by atoms with Gasteiger partial charge in [0.05, 0.1) is 0 Å². The summed E-state index contributed by atoms with van der Waals surface area (Å²) in [6.45, 7) is 4.48. The van der Waals surface area contributed by atoms with Gasteiger partial charge in [0.25, 0.3) is 0 Å². The summed E-state index contributed by atoms with van der Waals surface area (Å²) >= 11 is 0. The molecule has 2 aliphatic carbocycles. The van der Waals surface area contributed by atoms with Crippen molar-refractivity contribution in [2.24, 2.45) is 17.8 Å². The number of urea groups is 1. The molecule has 2 saturated carbocycles. The Balaban J connectivity index is 1.78. The number of rotatable bonds is 5. The van der Waals surface area contributed by atoms with Gasteiger partial charge in [0, 0.05) is 6.54 Å². The summed E-state index contributed by atoms with van der Waals surface area (Å²) in [6.07, 6.45) is 5.29. The second kappa shape index (κ2) is 5.39. The van der Waals surface area contributed by atoms with Crippen LogP contribution in [-0.2, 0) is 4.79 Å². The Labute approximate surface area is 114 Å². The van der Waals surface area contributed by atoms with Crippen LogP contribution in [-0.4, -0.2) is 29.2 Å². The minimum atomic E-state index is -1.12. The molecule has 5 nitrogen and oxygen atoms in total. The van der Waals surface area contributed by atoms with E-state index in [2.05, 4.69) is 17.6 Å². The number of nitrogens with one attached hydrogen (secondary N) is 2. The van der Waals surface area contributed by atoms with Crippen LogP contribution >= 0.6 is 0 Å². The Hall–Kier alpha value is -1.26. The monoisotopic (exact) mass is 268 g/mol. The zero-order valence-electron chi connectivity index (χ0n) is 11.7. The molecule has 2 fully saturated rings. The van der Waals surface area contributed by atoms with E-state index in [-0.39, 0.29) is 11.9 Å². The Morgan fingerprint density at radius 2 is 1.95 bits per heavy atom. The van der Waals surface area contributed by atoms with Crippen LogP contribution in [0.1, 0.15) is 46.0 Å². The predicted molar refractivity (Wildman–Crippen MR) is 71.8 cm³/mol. The zero-order chi connectivity index (χ0) is 14.0. The predicted octanol–water partition coefficient (Wildman–Crippen LogP) is 1.98. The first-order chi connectivity index (χ1) is 8.91. The Kier molecular flexibility index (Phi) is 4.02. The highest BCUT2D eigenvalue weighted by Gasteiger charge is 2.48. The van der Waals surface area contributed by atoms with Crippen LogP contribution in [0.3, 0.4) is 0 Å². The van der Waals surface area contributed by atoms with Gasteiger partial charge in [-0.3, -0.25) is 0 Å². The van der Waals surface area contributed by atoms with E-state index >= 15 is 0 Å². The van der Waals surface area contributed by atoms with Crippen molar-refractivity contribution >= 4 is 12.0 Å². The summed E-state index contributed by atoms with van der Waals surface area (Å²) in [5.41, 5.74) is -1.12. The summed E-state index contributed by atoms with van der Waals surface area (Å²) in [5, 5.41) is 14.7. The Morgan fingerprint density at radius 3 is 2.42 bits per heavy atom. The minimum Gasteiger partial charge on any atom is -0.480 e. The lowest BCUT2D eigenvalue weighted by Crippen LogP contribution is -2.57. The smallest absolute Gasteiger partial charge is 0.329 e. The SMILES string of the molecule is CC1CCC(CNC(=O)NC(C)(C(=O)O)C2CC2)C1. The molecule has 0 bridgehead atoms. The van der Waals surface area contributed by atoms with Crippen LogP contribution in [0.2, 0.25) is 0 Å². The highest BCUT2D eigenvalue weighted by molar-refractivity contribution is 5.86. The molecule has 19 heavy (non-hydrogen) atoms. The topological polar surface area (TPSA) is 78.4 Å². The van der Waals surface area contributed by atoms with E-state index in [1.807, 2.05) is 0 Å². The van der Waals surface area contributed by atoms with E-state index in [0.717, 1.165) is 31.6 Å². The summed E-state index contributed by atoms with van der Waals surface area (Å²) in [6, 6.07) is -0.351. The first kappa shape index (κ1) is 14.2. The first-order valence-electron chi connectivity index (χ1n) is 7.21. The number of hydrogen-bond acceptors (Lipinski definition) is 2. The van der Waals surface area contributed by atoms with E-state index in [1.54, 1.807) is 6.92 Å². The standard InChI is InChI=1S/C14H24N2O3/c1-9-3-4-10(7-9)8-15-13(19)16-14(2,12(17)18)11-5-6-11/h9-11H,3-8H2,1-2H3,(H,17,18)(H2,15,16,19). The number of carboxylic acid groups (broad SMARTS) is 1. The lowest BCUT2D eigenvalue weighted by Gasteiger charge is -2.26. The van der Waals surface area contributed by atoms with Crippen LogP contribution in [0.15, 0.2) is 0 Å². The van der Waals surface area contributed by atoms with Gasteiger partial charge in [-0.1, -0.05) is 13.3 Å². The quantitative estimate of drug-likeness (QED) is 0.713. The van der Waals surface area contributed by atoms with Gasteiger partial charge in [-0.05, 0) is 50.4 Å². The zero-order valence-corrected chi connectivity index (χ0v) is 11.7. The van der Waals surface area contributed by atoms with E-state index < -0.39 is 11.5 Å². The second-order valence-electron chi connectivity index (χ2n) is 6.40. The number of hydrogen-bond donors (Lipinski definition) is 3. The fourth-order valence-corrected chi connectivity index (χ4v) is 3.02. The van der Waals surface area contributed by atoms with Gasteiger partial charge in [0.15, 0.2) is 0 Å². The highest BCUT2D eigenvalue weighted by atomic mass is 16.4. The van der Waals surface area contributed by atoms with E-state index in [9.17, 15) is 14.7 Å². The van der Waals surface area contributed by atoms with Gasteiger partial charge >= 0.3 is 12.0 Å². The summed E-state index contributed by atoms with van der Waals surface area (Å²) < 4.78 is 0. The molecule has 2 amide bonds. The van der Waals surface area contributed by atoms with Gasteiger partial charge in [0.1, 0.15) is 5.54 Å². The molecule has 3 unspecified atom stereocenters. The molecular weight excluding hydrogens is 244 g/mol. The molecular formula is C14H24N2O3. The normalized spacial score (nSPS) is 29.6. The van der Waals surface area contributed by atoms with E-state index in [0.29, 0.717) is 12.5 Å². The molecule has 0 aromatic rings. The van der Waals surface area contributed by atoms with Gasteiger partial charge in [-0.2, -0.15) is 0 Å². The van der Waals surface area contributed by atoms with Gasteiger partial charge in [0.2, 0.25) is 0 Å². The number of aliphatic carboxylic acids is 1. The molecule has 0 saturated heterocycles. The van der Waals surface area contributed by atoms with Crippen molar-refractivity contribution < 1.29 is 14.7 Å². The molecule has 0 radical (unpaired) electrons. The summed E-state index contributed by atoms with van der Waals surface area (Å²) in [5.74, 6) is 0.408. The highest BCUT2D eigenvalue weighted by Crippen LogP contribution is 2.39. The molecule has 5 heteroatoms. The van der Waals surface area contributed by atoms with Gasteiger partial charge < -0.3 is 15.7 Å². The molecule has 2 aliphatic rings. The fourth-order valence-electron chi connectivity index (χ4n) is 3.02. The summed E-state index contributed by atoms with van der Waals surface area (Å²) in [4.78, 5) is 23.1. The van der Waals surface area contributed by atoms with Crippen molar-refractivity contribution in [1.29, 1.82) is 0 Å². The van der Waals surface area contributed by atoms with Crippen molar-refractivity contribution in [3.05, 3.63) is 0 Å². The molecule has 0 spiro atoms. The maximum absolute atomic E-state index is 11.8. The van der Waals surface area contributed by atoms with Crippen molar-refractivity contribution in [1.82, 2.24) is 10.6 Å². The Morgan fingerprint density at radius 1 is 1.26 bits per heavy atom. The molecule has 0 aromatic heterocycles. The summed E-state index contributed by atoms with van der Waals surface area (Å²) in [7, 11) is 0. The number of carboxylic acids is 1. The van der Waals surface area contributed by atoms with Crippen molar-refractivity contribution in [3.63, 3.8) is 0 Å². The van der Waals surface area contributed by atoms with Crippen LogP contribution < -0.4 is 10.6 Å². The van der Waals surface area contributed by atoms with Crippen LogP contribution in [0, 0.1) is 17.8 Å². The molecule has 108 valence electrons. The van der Waals surface area contributed by atoms with Crippen molar-refractivity contribution in [3.8, 4) is 0 Å². The van der Waals surface area contributed by atoms with Crippen LogP contribution in [0.4, 0.5) is 4.79 Å². The second-order valence-corrected chi connectivity index (χ2v) is 6.40. The minimum absolute atomic E-state index is 0.0715. The molecule has 0 aliphatic heterocycles. The van der Waals surface area contributed by atoms with Crippen molar-refractivity contribution in [2.45, 2.75) is 51.5 Å². The average Bonchev–Trinajstić information content (AvgIpc) is 3.11. The molecule has 2 rings (SSSR count). The number of carbonyl (C=O) groups is 2. The lowest BCUT2D eigenvalue weighted by molar-refractivity contribution is -0.144. The lowest BCUT2D eigenvalue weighted by atomic mass is 9.96. The third-order valence-corrected chi connectivity index (χ3v) is 4.57. The maximum atomic E-state index is 11.8.